The number of ether oxygens (including phenoxy) is 1. The number of carbonyl (C=O) groups excluding carboxylic acids is 1. The standard InChI is InChI=1S/C25H24Cl2N2O2/c1-2-22(29-25(30)14-3-5-15(26)6-4-14)24-18-12-17(13-19(18)24)31-16-7-8-23-20(11-16)21(27)9-10-28-23/h3-11,17-19,22,24H,2,12-13H2,1H3,(H,29,30)/t17-,18+,19-,22?,24-. The van der Waals surface area contributed by atoms with E-state index in [0.717, 1.165) is 35.9 Å². The highest BCUT2D eigenvalue weighted by Crippen LogP contribution is 2.60. The highest BCUT2D eigenvalue weighted by molar-refractivity contribution is 6.35. The van der Waals surface area contributed by atoms with Crippen LogP contribution in [0.2, 0.25) is 10.0 Å². The molecule has 2 saturated carbocycles. The fraction of sp³-hybridized carbons (Fsp3) is 0.360. The van der Waals surface area contributed by atoms with Crippen molar-refractivity contribution < 1.29 is 9.53 Å². The van der Waals surface area contributed by atoms with Gasteiger partial charge in [0.25, 0.3) is 5.91 Å². The summed E-state index contributed by atoms with van der Waals surface area (Å²) in [7, 11) is 0. The first-order valence-corrected chi connectivity index (χ1v) is 11.6. The Hall–Kier alpha value is -2.30. The van der Waals surface area contributed by atoms with Gasteiger partial charge in [-0.3, -0.25) is 9.78 Å². The van der Waals surface area contributed by atoms with Crippen molar-refractivity contribution in [2.75, 3.05) is 0 Å². The molecule has 5 atom stereocenters. The number of rotatable bonds is 6. The van der Waals surface area contributed by atoms with Crippen molar-refractivity contribution >= 4 is 40.0 Å². The van der Waals surface area contributed by atoms with Crippen LogP contribution >= 0.6 is 23.2 Å². The number of amides is 1. The minimum Gasteiger partial charge on any atom is -0.490 e. The second-order valence-electron chi connectivity index (χ2n) is 8.58. The normalized spacial score (nSPS) is 25.1. The Morgan fingerprint density at radius 2 is 1.87 bits per heavy atom. The summed E-state index contributed by atoms with van der Waals surface area (Å²) in [4.78, 5) is 17.0. The largest absolute Gasteiger partial charge is 0.490 e. The molecule has 0 saturated heterocycles. The third kappa shape index (κ3) is 4.11. The molecule has 0 aliphatic heterocycles. The molecular weight excluding hydrogens is 431 g/mol. The van der Waals surface area contributed by atoms with Crippen molar-refractivity contribution in [3.05, 3.63) is 70.3 Å². The molecular formula is C25H24Cl2N2O2. The van der Waals surface area contributed by atoms with E-state index in [0.29, 0.717) is 33.4 Å². The topological polar surface area (TPSA) is 51.2 Å². The van der Waals surface area contributed by atoms with Gasteiger partial charge in [0.1, 0.15) is 5.75 Å². The minimum atomic E-state index is -0.0251. The van der Waals surface area contributed by atoms with Crippen LogP contribution in [0.3, 0.4) is 0 Å². The number of nitrogens with one attached hydrogen (secondary N) is 1. The maximum atomic E-state index is 12.6. The summed E-state index contributed by atoms with van der Waals surface area (Å²) in [6.07, 6.45) is 4.91. The van der Waals surface area contributed by atoms with E-state index in [1.165, 1.54) is 0 Å². The Labute approximate surface area is 191 Å². The first-order chi connectivity index (χ1) is 15.0. The van der Waals surface area contributed by atoms with Gasteiger partial charge in [-0.15, -0.1) is 0 Å². The lowest BCUT2D eigenvalue weighted by Gasteiger charge is -2.22. The molecule has 1 aromatic heterocycles. The number of hydrogen-bond acceptors (Lipinski definition) is 3. The molecule has 0 radical (unpaired) electrons. The Balaban J connectivity index is 1.19. The minimum absolute atomic E-state index is 0.0251. The van der Waals surface area contributed by atoms with E-state index in [9.17, 15) is 4.79 Å². The van der Waals surface area contributed by atoms with E-state index >= 15 is 0 Å². The number of nitrogens with zero attached hydrogens (tertiary/aromatic N) is 1. The van der Waals surface area contributed by atoms with Crippen molar-refractivity contribution in [3.8, 4) is 5.75 Å². The lowest BCUT2D eigenvalue weighted by Crippen LogP contribution is -2.37. The van der Waals surface area contributed by atoms with Crippen LogP contribution in [0.4, 0.5) is 0 Å². The Kier molecular flexibility index (Phi) is 5.53. The summed E-state index contributed by atoms with van der Waals surface area (Å²) in [5.74, 6) is 2.59. The number of fused-ring (bicyclic) bond motifs is 2. The van der Waals surface area contributed by atoms with Gasteiger partial charge >= 0.3 is 0 Å². The summed E-state index contributed by atoms with van der Waals surface area (Å²) in [5, 5.41) is 5.48. The van der Waals surface area contributed by atoms with E-state index in [4.69, 9.17) is 27.9 Å². The molecule has 160 valence electrons. The monoisotopic (exact) mass is 454 g/mol. The highest BCUT2D eigenvalue weighted by atomic mass is 35.5. The first-order valence-electron chi connectivity index (χ1n) is 10.8. The quantitative estimate of drug-likeness (QED) is 0.485. The van der Waals surface area contributed by atoms with E-state index in [-0.39, 0.29) is 18.1 Å². The molecule has 2 fully saturated rings. The van der Waals surface area contributed by atoms with Gasteiger partial charge in [0.2, 0.25) is 0 Å². The summed E-state index contributed by atoms with van der Waals surface area (Å²) in [5.41, 5.74) is 1.52. The van der Waals surface area contributed by atoms with Crippen LogP contribution in [-0.4, -0.2) is 23.0 Å². The zero-order valence-electron chi connectivity index (χ0n) is 17.2. The zero-order chi connectivity index (χ0) is 21.5. The van der Waals surface area contributed by atoms with E-state index in [1.54, 1.807) is 36.5 Å². The van der Waals surface area contributed by atoms with Gasteiger partial charge in [-0.25, -0.2) is 0 Å². The first kappa shape index (κ1) is 20.6. The molecule has 1 N–H and O–H groups in total. The lowest BCUT2D eigenvalue weighted by atomic mass is 10.00. The number of carbonyl (C=O) groups is 1. The maximum absolute atomic E-state index is 12.6. The van der Waals surface area contributed by atoms with Crippen LogP contribution in [0.25, 0.3) is 10.9 Å². The van der Waals surface area contributed by atoms with E-state index < -0.39 is 0 Å². The number of halogens is 2. The summed E-state index contributed by atoms with van der Waals surface area (Å²) in [6.45, 7) is 2.14. The van der Waals surface area contributed by atoms with Crippen molar-refractivity contribution in [2.45, 2.75) is 38.3 Å². The number of benzene rings is 2. The van der Waals surface area contributed by atoms with Crippen LogP contribution in [0.15, 0.2) is 54.7 Å². The SMILES string of the molecule is CCC(NC(=O)c1ccc(Cl)cc1)[C@H]1[C@@H]2C[C@H](Oc3ccc4nccc(Cl)c4c3)C[C@@H]21. The molecule has 0 spiro atoms. The second kappa shape index (κ2) is 8.33. The summed E-state index contributed by atoms with van der Waals surface area (Å²) >= 11 is 12.2. The zero-order valence-corrected chi connectivity index (χ0v) is 18.7. The fourth-order valence-electron chi connectivity index (χ4n) is 5.22. The summed E-state index contributed by atoms with van der Waals surface area (Å²) < 4.78 is 6.28. The van der Waals surface area contributed by atoms with Crippen molar-refractivity contribution in [1.82, 2.24) is 10.3 Å². The van der Waals surface area contributed by atoms with Crippen LogP contribution in [-0.2, 0) is 0 Å². The molecule has 1 heterocycles. The molecule has 4 nitrogen and oxygen atoms in total. The van der Waals surface area contributed by atoms with Gasteiger partial charge in [0.15, 0.2) is 0 Å². The molecule has 31 heavy (non-hydrogen) atoms. The van der Waals surface area contributed by atoms with Crippen LogP contribution in [0.5, 0.6) is 5.75 Å². The Bertz CT molecular complexity index is 1110. The highest BCUT2D eigenvalue weighted by Gasteiger charge is 2.59. The molecule has 5 rings (SSSR count). The average molecular weight is 455 g/mol. The second-order valence-corrected chi connectivity index (χ2v) is 9.43. The van der Waals surface area contributed by atoms with Crippen molar-refractivity contribution in [2.24, 2.45) is 17.8 Å². The predicted octanol–water partition coefficient (Wildman–Crippen LogP) is 6.15. The average Bonchev–Trinajstić information content (AvgIpc) is 3.26. The molecule has 3 aromatic rings. The van der Waals surface area contributed by atoms with Crippen LogP contribution < -0.4 is 10.1 Å². The Morgan fingerprint density at radius 1 is 1.13 bits per heavy atom. The van der Waals surface area contributed by atoms with Crippen LogP contribution in [0, 0.1) is 17.8 Å². The molecule has 2 aromatic carbocycles. The lowest BCUT2D eigenvalue weighted by molar-refractivity contribution is 0.0924. The molecule has 6 heteroatoms. The molecule has 1 unspecified atom stereocenters. The van der Waals surface area contributed by atoms with Gasteiger partial charge in [-0.2, -0.15) is 0 Å². The molecule has 2 aliphatic carbocycles. The van der Waals surface area contributed by atoms with Crippen molar-refractivity contribution in [3.63, 3.8) is 0 Å². The Morgan fingerprint density at radius 3 is 2.58 bits per heavy atom. The number of hydrogen-bond donors (Lipinski definition) is 1. The van der Waals surface area contributed by atoms with Crippen molar-refractivity contribution in [1.29, 1.82) is 0 Å². The molecule has 0 bridgehead atoms. The third-order valence-electron chi connectivity index (χ3n) is 6.76. The molecule has 2 aliphatic rings. The van der Waals surface area contributed by atoms with Gasteiger partial charge in [0.05, 0.1) is 16.6 Å². The predicted molar refractivity (Wildman–Crippen MR) is 124 cm³/mol. The maximum Gasteiger partial charge on any atom is 0.251 e. The van der Waals surface area contributed by atoms with Gasteiger partial charge in [-0.05, 0) is 85.5 Å². The smallest absolute Gasteiger partial charge is 0.251 e. The van der Waals surface area contributed by atoms with Gasteiger partial charge in [0, 0.05) is 28.2 Å². The summed E-state index contributed by atoms with van der Waals surface area (Å²) in [6, 6.07) is 14.9. The molecule has 1 amide bonds. The fourth-order valence-corrected chi connectivity index (χ4v) is 5.55. The number of aromatic nitrogens is 1. The van der Waals surface area contributed by atoms with Gasteiger partial charge < -0.3 is 10.1 Å². The van der Waals surface area contributed by atoms with Crippen LogP contribution in [0.1, 0.15) is 36.5 Å². The number of pyridine rings is 1. The van der Waals surface area contributed by atoms with Gasteiger partial charge in [-0.1, -0.05) is 30.1 Å². The van der Waals surface area contributed by atoms with E-state index in [1.807, 2.05) is 18.2 Å². The third-order valence-corrected chi connectivity index (χ3v) is 7.34. The van der Waals surface area contributed by atoms with E-state index in [2.05, 4.69) is 17.2 Å².